The van der Waals surface area contributed by atoms with Crippen molar-refractivity contribution in [3.05, 3.63) is 23.5 Å². The van der Waals surface area contributed by atoms with Crippen LogP contribution in [0.5, 0.6) is 0 Å². The Morgan fingerprint density at radius 1 is 1.55 bits per heavy atom. The van der Waals surface area contributed by atoms with Crippen molar-refractivity contribution in [1.82, 2.24) is 0 Å². The molecule has 0 aromatic carbocycles. The quantitative estimate of drug-likeness (QED) is 0.358. The molecular formula is C7H8O4. The molecule has 0 unspecified atom stereocenters. The second kappa shape index (κ2) is 2.48. The van der Waals surface area contributed by atoms with Crippen LogP contribution in [0.4, 0.5) is 0 Å². The molecular weight excluding hydrogens is 148 g/mol. The summed E-state index contributed by atoms with van der Waals surface area (Å²) in [5.74, 6) is -2.80. The number of hydrogen-bond donors (Lipinski definition) is 3. The Morgan fingerprint density at radius 2 is 2.18 bits per heavy atom. The van der Waals surface area contributed by atoms with E-state index in [-0.39, 0.29) is 12.0 Å². The maximum absolute atomic E-state index is 10.1. The zero-order chi connectivity index (χ0) is 8.48. The number of hydrogen-bond acceptors (Lipinski definition) is 4. The van der Waals surface area contributed by atoms with Gasteiger partial charge < -0.3 is 15.3 Å². The minimum absolute atomic E-state index is 0.163. The van der Waals surface area contributed by atoms with Crippen molar-refractivity contribution < 1.29 is 20.1 Å². The highest BCUT2D eigenvalue weighted by Crippen LogP contribution is 2.22. The molecule has 0 spiro atoms. The van der Waals surface area contributed by atoms with Crippen molar-refractivity contribution in [2.45, 2.75) is 12.2 Å². The third-order valence-corrected chi connectivity index (χ3v) is 1.47. The Bertz CT molecular complexity index is 237. The van der Waals surface area contributed by atoms with Gasteiger partial charge in [-0.3, -0.25) is 4.79 Å². The van der Waals surface area contributed by atoms with E-state index in [0.717, 1.165) is 6.08 Å². The van der Waals surface area contributed by atoms with Gasteiger partial charge in [0.1, 0.15) is 6.29 Å². The minimum Gasteiger partial charge on any atom is -0.507 e. The Kier molecular flexibility index (Phi) is 1.80. The number of aliphatic hydroxyl groups excluding tert-OH is 1. The van der Waals surface area contributed by atoms with E-state index < -0.39 is 11.5 Å². The smallest absolute Gasteiger partial charge is 0.226 e. The van der Waals surface area contributed by atoms with Gasteiger partial charge in [-0.1, -0.05) is 6.08 Å². The maximum atomic E-state index is 10.1. The van der Waals surface area contributed by atoms with Gasteiger partial charge in [-0.15, -0.1) is 0 Å². The standard InChI is InChI=1S/C7H8O4/c8-4-5-1-2-7(10,11)6(9)3-5/h1,3-4,9-11H,2H2. The summed E-state index contributed by atoms with van der Waals surface area (Å²) in [6, 6.07) is 0. The molecule has 0 saturated heterocycles. The van der Waals surface area contributed by atoms with E-state index in [4.69, 9.17) is 15.3 Å². The van der Waals surface area contributed by atoms with E-state index in [9.17, 15) is 4.79 Å². The lowest BCUT2D eigenvalue weighted by Crippen LogP contribution is -2.31. The van der Waals surface area contributed by atoms with Crippen LogP contribution in [0.3, 0.4) is 0 Å². The van der Waals surface area contributed by atoms with E-state index in [2.05, 4.69) is 0 Å². The Balaban J connectivity index is 2.91. The van der Waals surface area contributed by atoms with Gasteiger partial charge >= 0.3 is 0 Å². The van der Waals surface area contributed by atoms with Gasteiger partial charge in [0.15, 0.2) is 5.76 Å². The molecule has 0 amide bonds. The molecule has 4 heteroatoms. The molecule has 1 aliphatic rings. The number of carbonyl (C=O) groups excluding carboxylic acids is 1. The fraction of sp³-hybridized carbons (Fsp3) is 0.286. The van der Waals surface area contributed by atoms with Crippen LogP contribution < -0.4 is 0 Å². The summed E-state index contributed by atoms with van der Waals surface area (Å²) in [7, 11) is 0. The van der Waals surface area contributed by atoms with Crippen LogP contribution in [0, 0.1) is 0 Å². The molecule has 0 bridgehead atoms. The first-order chi connectivity index (χ1) is 5.06. The van der Waals surface area contributed by atoms with Crippen LogP contribution in [0.2, 0.25) is 0 Å². The molecule has 3 N–H and O–H groups in total. The van der Waals surface area contributed by atoms with Crippen molar-refractivity contribution in [3.63, 3.8) is 0 Å². The van der Waals surface area contributed by atoms with Crippen LogP contribution in [0.1, 0.15) is 6.42 Å². The minimum atomic E-state index is -2.20. The number of carbonyl (C=O) groups is 1. The average Bonchev–Trinajstić information content (AvgIpc) is 1.95. The third kappa shape index (κ3) is 1.47. The fourth-order valence-corrected chi connectivity index (χ4v) is 0.779. The molecule has 11 heavy (non-hydrogen) atoms. The number of allylic oxidation sites excluding steroid dienone is 2. The van der Waals surface area contributed by atoms with Crippen LogP contribution in [0.15, 0.2) is 23.5 Å². The average molecular weight is 156 g/mol. The predicted octanol–water partition coefficient (Wildman–Crippen LogP) is -0.362. The highest BCUT2D eigenvalue weighted by atomic mass is 16.5. The summed E-state index contributed by atoms with van der Waals surface area (Å²) < 4.78 is 0. The molecule has 1 aliphatic carbocycles. The maximum Gasteiger partial charge on any atom is 0.226 e. The summed E-state index contributed by atoms with van der Waals surface area (Å²) >= 11 is 0. The largest absolute Gasteiger partial charge is 0.507 e. The first-order valence-corrected chi connectivity index (χ1v) is 3.07. The summed E-state index contributed by atoms with van der Waals surface area (Å²) in [6.07, 6.45) is 2.73. The molecule has 0 atom stereocenters. The Hall–Kier alpha value is -1.13. The van der Waals surface area contributed by atoms with Crippen molar-refractivity contribution >= 4 is 6.29 Å². The molecule has 0 fully saturated rings. The van der Waals surface area contributed by atoms with Crippen LogP contribution in [-0.4, -0.2) is 27.4 Å². The molecule has 0 aliphatic heterocycles. The van der Waals surface area contributed by atoms with Gasteiger partial charge in [0, 0.05) is 12.0 Å². The third-order valence-electron chi connectivity index (χ3n) is 1.47. The summed E-state index contributed by atoms with van der Waals surface area (Å²) in [4.78, 5) is 10.1. The SMILES string of the molecule is O=CC1=CCC(O)(O)C(O)=C1. The molecule has 0 saturated carbocycles. The summed E-state index contributed by atoms with van der Waals surface area (Å²) in [5, 5.41) is 26.8. The van der Waals surface area contributed by atoms with Gasteiger partial charge in [0.2, 0.25) is 5.79 Å². The fourth-order valence-electron chi connectivity index (χ4n) is 0.779. The van der Waals surface area contributed by atoms with E-state index >= 15 is 0 Å². The first-order valence-electron chi connectivity index (χ1n) is 3.07. The van der Waals surface area contributed by atoms with Crippen molar-refractivity contribution in [2.75, 3.05) is 0 Å². The zero-order valence-corrected chi connectivity index (χ0v) is 5.69. The molecule has 0 heterocycles. The number of aldehydes is 1. The molecule has 0 aromatic rings. The lowest BCUT2D eigenvalue weighted by Gasteiger charge is -2.22. The second-order valence-electron chi connectivity index (χ2n) is 2.37. The summed E-state index contributed by atoms with van der Waals surface area (Å²) in [6.45, 7) is 0. The van der Waals surface area contributed by atoms with E-state index in [1.807, 2.05) is 0 Å². The van der Waals surface area contributed by atoms with Gasteiger partial charge in [-0.2, -0.15) is 0 Å². The van der Waals surface area contributed by atoms with E-state index in [0.29, 0.717) is 6.29 Å². The van der Waals surface area contributed by atoms with Crippen molar-refractivity contribution in [2.24, 2.45) is 0 Å². The van der Waals surface area contributed by atoms with Gasteiger partial charge in [0.25, 0.3) is 0 Å². The normalized spacial score (nSPS) is 22.0. The predicted molar refractivity (Wildman–Crippen MR) is 36.6 cm³/mol. The molecule has 0 aromatic heterocycles. The number of aliphatic hydroxyl groups is 3. The topological polar surface area (TPSA) is 77.8 Å². The number of rotatable bonds is 1. The second-order valence-corrected chi connectivity index (χ2v) is 2.37. The lowest BCUT2D eigenvalue weighted by atomic mass is 10.0. The van der Waals surface area contributed by atoms with Gasteiger partial charge in [-0.25, -0.2) is 0 Å². The summed E-state index contributed by atoms with van der Waals surface area (Å²) in [5.41, 5.74) is 0.251. The monoisotopic (exact) mass is 156 g/mol. The van der Waals surface area contributed by atoms with E-state index in [1.165, 1.54) is 6.08 Å². The van der Waals surface area contributed by atoms with Crippen LogP contribution in [0.25, 0.3) is 0 Å². The first kappa shape index (κ1) is 7.97. The zero-order valence-electron chi connectivity index (χ0n) is 5.69. The highest BCUT2D eigenvalue weighted by molar-refractivity contribution is 5.78. The lowest BCUT2D eigenvalue weighted by molar-refractivity contribution is -0.149. The van der Waals surface area contributed by atoms with Crippen LogP contribution in [-0.2, 0) is 4.79 Å². The van der Waals surface area contributed by atoms with Crippen LogP contribution >= 0.6 is 0 Å². The Labute approximate surface area is 63.1 Å². The Morgan fingerprint density at radius 3 is 2.64 bits per heavy atom. The molecule has 0 radical (unpaired) electrons. The highest BCUT2D eigenvalue weighted by Gasteiger charge is 2.30. The molecule has 4 nitrogen and oxygen atoms in total. The molecule has 60 valence electrons. The molecule has 1 rings (SSSR count). The van der Waals surface area contributed by atoms with Crippen molar-refractivity contribution in [1.29, 1.82) is 0 Å². The van der Waals surface area contributed by atoms with E-state index in [1.54, 1.807) is 0 Å². The van der Waals surface area contributed by atoms with Gasteiger partial charge in [-0.05, 0) is 6.08 Å². The van der Waals surface area contributed by atoms with Gasteiger partial charge in [0.05, 0.1) is 0 Å². The van der Waals surface area contributed by atoms with Crippen molar-refractivity contribution in [3.8, 4) is 0 Å².